The van der Waals surface area contributed by atoms with Gasteiger partial charge in [0.25, 0.3) is 0 Å². The highest BCUT2D eigenvalue weighted by molar-refractivity contribution is 5.25. The standard InChI is InChI=1S/C10H15F3/c1-4-9(3,10(11,12)13)6-8-5-7(8)2/h6-7H,4-5H2,1-3H3/b8-6+. The maximum atomic E-state index is 12.6. The van der Waals surface area contributed by atoms with Gasteiger partial charge in [-0.05, 0) is 25.7 Å². The normalized spacial score (nSPS) is 30.3. The number of hydrogen-bond donors (Lipinski definition) is 0. The molecular formula is C10H15F3. The summed E-state index contributed by atoms with van der Waals surface area (Å²) in [5.41, 5.74) is -0.658. The fourth-order valence-corrected chi connectivity index (χ4v) is 1.29. The lowest BCUT2D eigenvalue weighted by molar-refractivity contribution is -0.200. The van der Waals surface area contributed by atoms with Crippen LogP contribution in [-0.4, -0.2) is 6.18 Å². The van der Waals surface area contributed by atoms with Crippen molar-refractivity contribution >= 4 is 0 Å². The predicted molar refractivity (Wildman–Crippen MR) is 46.3 cm³/mol. The van der Waals surface area contributed by atoms with E-state index in [-0.39, 0.29) is 6.42 Å². The topological polar surface area (TPSA) is 0 Å². The van der Waals surface area contributed by atoms with Gasteiger partial charge >= 0.3 is 6.18 Å². The number of halogens is 3. The van der Waals surface area contributed by atoms with Crippen molar-refractivity contribution in [3.05, 3.63) is 11.6 Å². The van der Waals surface area contributed by atoms with Crippen LogP contribution in [-0.2, 0) is 0 Å². The molecule has 0 spiro atoms. The molecule has 0 heterocycles. The quantitative estimate of drug-likeness (QED) is 0.581. The summed E-state index contributed by atoms with van der Waals surface area (Å²) < 4.78 is 37.7. The Morgan fingerprint density at radius 2 is 1.92 bits per heavy atom. The number of allylic oxidation sites excluding steroid dienone is 2. The molecule has 1 fully saturated rings. The van der Waals surface area contributed by atoms with Crippen LogP contribution in [0.15, 0.2) is 11.6 Å². The summed E-state index contributed by atoms with van der Waals surface area (Å²) in [5, 5.41) is 0. The van der Waals surface area contributed by atoms with Crippen LogP contribution in [0.25, 0.3) is 0 Å². The molecule has 0 aromatic rings. The van der Waals surface area contributed by atoms with Gasteiger partial charge in [0.05, 0.1) is 5.41 Å². The Kier molecular flexibility index (Phi) is 2.48. The molecule has 2 unspecified atom stereocenters. The van der Waals surface area contributed by atoms with Gasteiger partial charge < -0.3 is 0 Å². The number of alkyl halides is 3. The SMILES string of the molecule is CCC(C)(/C=C1\CC1C)C(F)(F)F. The van der Waals surface area contributed by atoms with E-state index >= 15 is 0 Å². The van der Waals surface area contributed by atoms with Crippen molar-refractivity contribution in [3.63, 3.8) is 0 Å². The van der Waals surface area contributed by atoms with E-state index in [1.54, 1.807) is 6.92 Å². The minimum Gasteiger partial charge on any atom is -0.170 e. The first-order chi connectivity index (χ1) is 5.80. The molecule has 3 heteroatoms. The van der Waals surface area contributed by atoms with Crippen molar-refractivity contribution < 1.29 is 13.2 Å². The molecule has 0 nitrogen and oxygen atoms in total. The van der Waals surface area contributed by atoms with Crippen molar-refractivity contribution in [2.24, 2.45) is 11.3 Å². The first-order valence-electron chi connectivity index (χ1n) is 4.58. The van der Waals surface area contributed by atoms with Crippen LogP contribution in [0.1, 0.15) is 33.6 Å². The second kappa shape index (κ2) is 3.03. The monoisotopic (exact) mass is 192 g/mol. The van der Waals surface area contributed by atoms with Crippen LogP contribution in [0, 0.1) is 11.3 Å². The highest BCUT2D eigenvalue weighted by Gasteiger charge is 2.49. The van der Waals surface area contributed by atoms with E-state index in [9.17, 15) is 13.2 Å². The molecule has 76 valence electrons. The van der Waals surface area contributed by atoms with E-state index in [1.165, 1.54) is 13.0 Å². The maximum Gasteiger partial charge on any atom is 0.397 e. The predicted octanol–water partition coefficient (Wildman–Crippen LogP) is 3.93. The zero-order valence-electron chi connectivity index (χ0n) is 8.20. The van der Waals surface area contributed by atoms with Crippen LogP contribution in [0.2, 0.25) is 0 Å². The van der Waals surface area contributed by atoms with Crippen molar-refractivity contribution in [1.82, 2.24) is 0 Å². The minimum absolute atomic E-state index is 0.118. The Labute approximate surface area is 76.8 Å². The zero-order chi connectivity index (χ0) is 10.3. The largest absolute Gasteiger partial charge is 0.397 e. The summed E-state index contributed by atoms with van der Waals surface area (Å²) in [4.78, 5) is 0. The summed E-state index contributed by atoms with van der Waals surface area (Å²) in [6.07, 6.45) is -1.74. The molecular weight excluding hydrogens is 177 g/mol. The molecule has 2 atom stereocenters. The van der Waals surface area contributed by atoms with Gasteiger partial charge in [-0.3, -0.25) is 0 Å². The van der Waals surface area contributed by atoms with Gasteiger partial charge in [-0.25, -0.2) is 0 Å². The smallest absolute Gasteiger partial charge is 0.170 e. The van der Waals surface area contributed by atoms with Gasteiger partial charge in [0.2, 0.25) is 0 Å². The lowest BCUT2D eigenvalue weighted by atomic mass is 9.86. The Morgan fingerprint density at radius 3 is 2.15 bits per heavy atom. The fourth-order valence-electron chi connectivity index (χ4n) is 1.29. The minimum atomic E-state index is -4.11. The first-order valence-corrected chi connectivity index (χ1v) is 4.58. The van der Waals surface area contributed by atoms with E-state index in [4.69, 9.17) is 0 Å². The van der Waals surface area contributed by atoms with E-state index in [0.29, 0.717) is 5.92 Å². The van der Waals surface area contributed by atoms with Crippen LogP contribution >= 0.6 is 0 Å². The third-order valence-corrected chi connectivity index (χ3v) is 2.90. The zero-order valence-corrected chi connectivity index (χ0v) is 8.20. The van der Waals surface area contributed by atoms with Crippen molar-refractivity contribution in [2.45, 2.75) is 39.8 Å². The molecule has 1 aliphatic rings. The van der Waals surface area contributed by atoms with E-state index in [0.717, 1.165) is 12.0 Å². The average molecular weight is 192 g/mol. The van der Waals surface area contributed by atoms with Gasteiger partial charge in [0.1, 0.15) is 0 Å². The third kappa shape index (κ3) is 2.06. The molecule has 0 amide bonds. The fraction of sp³-hybridized carbons (Fsp3) is 0.800. The average Bonchev–Trinajstić information content (AvgIpc) is 2.64. The Balaban J connectivity index is 2.82. The summed E-state index contributed by atoms with van der Waals surface area (Å²) in [6, 6.07) is 0. The third-order valence-electron chi connectivity index (χ3n) is 2.90. The van der Waals surface area contributed by atoms with Crippen LogP contribution in [0.4, 0.5) is 13.2 Å². The van der Waals surface area contributed by atoms with Gasteiger partial charge in [-0.1, -0.05) is 25.5 Å². The van der Waals surface area contributed by atoms with E-state index < -0.39 is 11.6 Å². The van der Waals surface area contributed by atoms with E-state index in [1.807, 2.05) is 6.92 Å². The number of rotatable bonds is 2. The summed E-state index contributed by atoms with van der Waals surface area (Å²) >= 11 is 0. The highest BCUT2D eigenvalue weighted by Crippen LogP contribution is 2.47. The van der Waals surface area contributed by atoms with E-state index in [2.05, 4.69) is 0 Å². The summed E-state index contributed by atoms with van der Waals surface area (Å²) in [5.74, 6) is 0.369. The highest BCUT2D eigenvalue weighted by atomic mass is 19.4. The molecule has 0 bridgehead atoms. The molecule has 13 heavy (non-hydrogen) atoms. The maximum absolute atomic E-state index is 12.6. The summed E-state index contributed by atoms with van der Waals surface area (Å²) in [7, 11) is 0. The van der Waals surface area contributed by atoms with Gasteiger partial charge in [-0.15, -0.1) is 0 Å². The van der Waals surface area contributed by atoms with Gasteiger partial charge in [0.15, 0.2) is 0 Å². The molecule has 1 saturated carbocycles. The van der Waals surface area contributed by atoms with Crippen LogP contribution in [0.3, 0.4) is 0 Å². The summed E-state index contributed by atoms with van der Waals surface area (Å²) in [6.45, 7) is 4.81. The first kappa shape index (κ1) is 10.6. The Hall–Kier alpha value is -0.470. The van der Waals surface area contributed by atoms with Crippen molar-refractivity contribution in [1.29, 1.82) is 0 Å². The Morgan fingerprint density at radius 1 is 1.46 bits per heavy atom. The van der Waals surface area contributed by atoms with Crippen LogP contribution in [0.5, 0.6) is 0 Å². The molecule has 0 aliphatic heterocycles. The molecule has 0 aromatic carbocycles. The molecule has 0 saturated heterocycles. The second-order valence-electron chi connectivity index (χ2n) is 4.09. The molecule has 0 aromatic heterocycles. The molecule has 0 radical (unpaired) electrons. The van der Waals surface area contributed by atoms with Crippen molar-refractivity contribution in [3.8, 4) is 0 Å². The van der Waals surface area contributed by atoms with Crippen molar-refractivity contribution in [2.75, 3.05) is 0 Å². The molecule has 0 N–H and O–H groups in total. The number of hydrogen-bond acceptors (Lipinski definition) is 0. The second-order valence-corrected chi connectivity index (χ2v) is 4.09. The molecule has 1 rings (SSSR count). The lowest BCUT2D eigenvalue weighted by Crippen LogP contribution is -2.32. The van der Waals surface area contributed by atoms with Crippen LogP contribution < -0.4 is 0 Å². The van der Waals surface area contributed by atoms with Gasteiger partial charge in [-0.2, -0.15) is 13.2 Å². The lowest BCUT2D eigenvalue weighted by Gasteiger charge is -2.27. The Bertz CT molecular complexity index is 227. The van der Waals surface area contributed by atoms with Gasteiger partial charge in [0, 0.05) is 0 Å². The molecule has 1 aliphatic carbocycles.